The molecule has 7 nitrogen and oxygen atoms in total. The van der Waals surface area contributed by atoms with Crippen LogP contribution in [0.1, 0.15) is 26.2 Å². The molecule has 0 unspecified atom stereocenters. The van der Waals surface area contributed by atoms with Crippen LogP contribution < -0.4 is 0 Å². The lowest BCUT2D eigenvalue weighted by Gasteiger charge is -2.25. The SMILES string of the molecule is CCOC(=O)/C=C/C(=O)OCC(=O)C(=O)N1CCCCC1. The summed E-state index contributed by atoms with van der Waals surface area (Å²) in [6, 6.07) is 0. The number of rotatable bonds is 6. The number of Topliss-reactive ketones (excluding diaryl/α,β-unsaturated/α-hetero) is 1. The van der Waals surface area contributed by atoms with Gasteiger partial charge in [0, 0.05) is 25.2 Å². The second-order valence-electron chi connectivity index (χ2n) is 4.47. The van der Waals surface area contributed by atoms with Crippen molar-refractivity contribution in [2.75, 3.05) is 26.3 Å². The summed E-state index contributed by atoms with van der Waals surface area (Å²) in [6.07, 6.45) is 4.56. The molecule has 1 rings (SSSR count). The first-order valence-corrected chi connectivity index (χ1v) is 6.88. The summed E-state index contributed by atoms with van der Waals surface area (Å²) in [6.45, 7) is 2.32. The van der Waals surface area contributed by atoms with Gasteiger partial charge in [-0.2, -0.15) is 0 Å². The van der Waals surface area contributed by atoms with E-state index in [-0.39, 0.29) is 6.61 Å². The number of nitrogens with zero attached hydrogens (tertiary/aromatic N) is 1. The highest BCUT2D eigenvalue weighted by molar-refractivity contribution is 6.36. The third-order valence-corrected chi connectivity index (χ3v) is 2.87. The average Bonchev–Trinajstić information content (AvgIpc) is 2.51. The Bertz CT molecular complexity index is 437. The molecule has 0 saturated carbocycles. The molecule has 1 heterocycles. The maximum atomic E-state index is 11.8. The van der Waals surface area contributed by atoms with Crippen molar-refractivity contribution in [1.29, 1.82) is 0 Å². The fourth-order valence-corrected chi connectivity index (χ4v) is 1.85. The van der Waals surface area contributed by atoms with Gasteiger partial charge in [-0.15, -0.1) is 0 Å². The van der Waals surface area contributed by atoms with Crippen LogP contribution in [0.25, 0.3) is 0 Å². The molecular formula is C14H19NO6. The summed E-state index contributed by atoms with van der Waals surface area (Å²) in [4.78, 5) is 47.0. The van der Waals surface area contributed by atoms with Gasteiger partial charge < -0.3 is 14.4 Å². The van der Waals surface area contributed by atoms with Crippen molar-refractivity contribution in [3.05, 3.63) is 12.2 Å². The van der Waals surface area contributed by atoms with E-state index in [4.69, 9.17) is 0 Å². The molecule has 0 spiro atoms. The topological polar surface area (TPSA) is 90.0 Å². The van der Waals surface area contributed by atoms with Crippen LogP contribution in [0.2, 0.25) is 0 Å². The number of hydrogen-bond acceptors (Lipinski definition) is 6. The van der Waals surface area contributed by atoms with E-state index < -0.39 is 30.2 Å². The van der Waals surface area contributed by atoms with Crippen molar-refractivity contribution in [2.45, 2.75) is 26.2 Å². The average molecular weight is 297 g/mol. The molecule has 1 fully saturated rings. The Kier molecular flexibility index (Phi) is 7.14. The van der Waals surface area contributed by atoms with Gasteiger partial charge in [0.05, 0.1) is 6.61 Å². The standard InChI is InChI=1S/C14H19NO6/c1-2-20-12(17)6-7-13(18)21-10-11(16)14(19)15-8-4-3-5-9-15/h6-7H,2-5,8-10H2,1H3/b7-6+. The van der Waals surface area contributed by atoms with E-state index in [1.54, 1.807) is 6.92 Å². The van der Waals surface area contributed by atoms with Gasteiger partial charge in [0.2, 0.25) is 0 Å². The van der Waals surface area contributed by atoms with Crippen LogP contribution in [0.5, 0.6) is 0 Å². The van der Waals surface area contributed by atoms with Crippen LogP contribution in [0.3, 0.4) is 0 Å². The highest BCUT2D eigenvalue weighted by Crippen LogP contribution is 2.08. The van der Waals surface area contributed by atoms with Crippen molar-refractivity contribution in [2.24, 2.45) is 0 Å². The van der Waals surface area contributed by atoms with Crippen LogP contribution in [0.15, 0.2) is 12.2 Å². The Morgan fingerprint density at radius 3 is 2.10 bits per heavy atom. The molecule has 1 amide bonds. The minimum Gasteiger partial charge on any atom is -0.463 e. The molecule has 0 N–H and O–H groups in total. The monoisotopic (exact) mass is 297 g/mol. The van der Waals surface area contributed by atoms with Crippen LogP contribution in [-0.4, -0.2) is 54.8 Å². The number of likely N-dealkylation sites (tertiary alicyclic amines) is 1. The largest absolute Gasteiger partial charge is 0.463 e. The first-order valence-electron chi connectivity index (χ1n) is 6.88. The van der Waals surface area contributed by atoms with Crippen molar-refractivity contribution in [3.8, 4) is 0 Å². The van der Waals surface area contributed by atoms with E-state index in [9.17, 15) is 19.2 Å². The minimum absolute atomic E-state index is 0.195. The van der Waals surface area contributed by atoms with E-state index in [1.807, 2.05) is 0 Å². The lowest BCUT2D eigenvalue weighted by Crippen LogP contribution is -2.41. The highest BCUT2D eigenvalue weighted by Gasteiger charge is 2.23. The summed E-state index contributed by atoms with van der Waals surface area (Å²) in [7, 11) is 0. The smallest absolute Gasteiger partial charge is 0.331 e. The van der Waals surface area contributed by atoms with Crippen molar-refractivity contribution >= 4 is 23.6 Å². The molecule has 0 aromatic rings. The first kappa shape index (κ1) is 16.9. The van der Waals surface area contributed by atoms with Crippen molar-refractivity contribution in [1.82, 2.24) is 4.90 Å². The molecule has 0 aromatic heterocycles. The van der Waals surface area contributed by atoms with Crippen molar-refractivity contribution in [3.63, 3.8) is 0 Å². The third kappa shape index (κ3) is 6.20. The van der Waals surface area contributed by atoms with Gasteiger partial charge in [-0.25, -0.2) is 9.59 Å². The molecule has 0 aromatic carbocycles. The van der Waals surface area contributed by atoms with Gasteiger partial charge in [0.1, 0.15) is 0 Å². The molecule has 0 bridgehead atoms. The van der Waals surface area contributed by atoms with Crippen LogP contribution in [0, 0.1) is 0 Å². The third-order valence-electron chi connectivity index (χ3n) is 2.87. The molecule has 1 aliphatic rings. The summed E-state index contributed by atoms with van der Waals surface area (Å²) in [5.74, 6) is -2.94. The number of carbonyl (C=O) groups is 4. The Balaban J connectivity index is 2.33. The van der Waals surface area contributed by atoms with E-state index >= 15 is 0 Å². The van der Waals surface area contributed by atoms with Crippen LogP contribution >= 0.6 is 0 Å². The zero-order chi connectivity index (χ0) is 15.7. The number of carbonyl (C=O) groups excluding carboxylic acids is 4. The van der Waals surface area contributed by atoms with Gasteiger partial charge in [0.15, 0.2) is 6.61 Å². The number of esters is 2. The van der Waals surface area contributed by atoms with Gasteiger partial charge >= 0.3 is 11.9 Å². The van der Waals surface area contributed by atoms with Crippen LogP contribution in [-0.2, 0) is 28.7 Å². The second kappa shape index (κ2) is 8.89. The molecule has 116 valence electrons. The predicted octanol–water partition coefficient (Wildman–Crippen LogP) is 0.230. The molecule has 1 aliphatic heterocycles. The Hall–Kier alpha value is -2.18. The fraction of sp³-hybridized carbons (Fsp3) is 0.571. The van der Waals surface area contributed by atoms with Gasteiger partial charge in [0.25, 0.3) is 11.7 Å². The maximum Gasteiger partial charge on any atom is 0.331 e. The molecule has 0 atom stereocenters. The summed E-state index contributed by atoms with van der Waals surface area (Å²) in [5, 5.41) is 0. The Morgan fingerprint density at radius 1 is 0.952 bits per heavy atom. The number of ketones is 1. The molecule has 1 saturated heterocycles. The first-order chi connectivity index (χ1) is 10.0. The fourth-order valence-electron chi connectivity index (χ4n) is 1.85. The highest BCUT2D eigenvalue weighted by atomic mass is 16.5. The lowest BCUT2D eigenvalue weighted by molar-refractivity contribution is -0.151. The predicted molar refractivity (Wildman–Crippen MR) is 72.2 cm³/mol. The number of amides is 1. The van der Waals surface area contributed by atoms with E-state index in [0.29, 0.717) is 13.1 Å². The second-order valence-corrected chi connectivity index (χ2v) is 4.47. The van der Waals surface area contributed by atoms with Crippen LogP contribution in [0.4, 0.5) is 0 Å². The number of piperidine rings is 1. The molecule has 7 heteroatoms. The zero-order valence-electron chi connectivity index (χ0n) is 12.0. The summed E-state index contributed by atoms with van der Waals surface area (Å²) in [5.41, 5.74) is 0. The van der Waals surface area contributed by atoms with Crippen molar-refractivity contribution < 1.29 is 28.7 Å². The van der Waals surface area contributed by atoms with E-state index in [1.165, 1.54) is 4.90 Å². The van der Waals surface area contributed by atoms with Gasteiger partial charge in [-0.1, -0.05) is 0 Å². The maximum absolute atomic E-state index is 11.8. The molecular weight excluding hydrogens is 278 g/mol. The Morgan fingerprint density at radius 2 is 1.52 bits per heavy atom. The van der Waals surface area contributed by atoms with Gasteiger partial charge in [-0.05, 0) is 26.2 Å². The van der Waals surface area contributed by atoms with E-state index in [2.05, 4.69) is 9.47 Å². The molecule has 0 aliphatic carbocycles. The Labute approximate surface area is 122 Å². The quantitative estimate of drug-likeness (QED) is 0.396. The summed E-state index contributed by atoms with van der Waals surface area (Å²) < 4.78 is 9.19. The normalized spacial score (nSPS) is 14.8. The molecule has 21 heavy (non-hydrogen) atoms. The number of ether oxygens (including phenoxy) is 2. The minimum atomic E-state index is -0.872. The van der Waals surface area contributed by atoms with E-state index in [0.717, 1.165) is 31.4 Å². The molecule has 0 radical (unpaired) electrons. The number of hydrogen-bond donors (Lipinski definition) is 0. The lowest BCUT2D eigenvalue weighted by atomic mass is 10.1. The summed E-state index contributed by atoms with van der Waals surface area (Å²) >= 11 is 0. The van der Waals surface area contributed by atoms with Gasteiger partial charge in [-0.3, -0.25) is 9.59 Å². The zero-order valence-corrected chi connectivity index (χ0v) is 12.0.